The van der Waals surface area contributed by atoms with Crippen LogP contribution in [0.1, 0.15) is 11.1 Å². The summed E-state index contributed by atoms with van der Waals surface area (Å²) in [6.07, 6.45) is -4.70. The second-order valence-corrected chi connectivity index (χ2v) is 6.34. The standard InChI is InChI=1S/C19H13ClF3NO4/c1-10-2-3-11(6-15(10)20)24-17(25)9-27-12-4-5-13-14(19(21,22)23)8-18(26)28-16(13)7-12/h2-8H,9H2,1H3,(H,24,25). The number of hydrogen-bond donors (Lipinski definition) is 1. The van der Waals surface area contributed by atoms with E-state index < -0.39 is 29.9 Å². The van der Waals surface area contributed by atoms with E-state index in [1.165, 1.54) is 6.07 Å². The maximum Gasteiger partial charge on any atom is 0.417 e. The molecule has 0 atom stereocenters. The number of rotatable bonds is 4. The molecule has 5 nitrogen and oxygen atoms in total. The van der Waals surface area contributed by atoms with E-state index in [2.05, 4.69) is 5.32 Å². The average Bonchev–Trinajstić information content (AvgIpc) is 2.61. The molecule has 1 N–H and O–H groups in total. The Kier molecular flexibility index (Phi) is 5.33. The zero-order valence-electron chi connectivity index (χ0n) is 14.4. The lowest BCUT2D eigenvalue weighted by atomic mass is 10.1. The lowest BCUT2D eigenvalue weighted by Gasteiger charge is -2.11. The highest BCUT2D eigenvalue weighted by atomic mass is 35.5. The summed E-state index contributed by atoms with van der Waals surface area (Å²) in [5, 5.41) is 2.80. The highest BCUT2D eigenvalue weighted by Gasteiger charge is 2.33. The monoisotopic (exact) mass is 411 g/mol. The highest BCUT2D eigenvalue weighted by Crippen LogP contribution is 2.34. The third-order valence-electron chi connectivity index (χ3n) is 3.85. The molecule has 0 unspecified atom stereocenters. The van der Waals surface area contributed by atoms with Gasteiger partial charge in [0.1, 0.15) is 11.3 Å². The Labute approximate surface area is 161 Å². The maximum absolute atomic E-state index is 13.0. The molecule has 28 heavy (non-hydrogen) atoms. The Balaban J connectivity index is 1.75. The van der Waals surface area contributed by atoms with Gasteiger partial charge in [-0.25, -0.2) is 4.79 Å². The smallest absolute Gasteiger partial charge is 0.417 e. The Morgan fingerprint density at radius 2 is 1.93 bits per heavy atom. The van der Waals surface area contributed by atoms with Crippen molar-refractivity contribution in [1.29, 1.82) is 0 Å². The normalized spacial score (nSPS) is 11.5. The van der Waals surface area contributed by atoms with Gasteiger partial charge in [0.25, 0.3) is 5.91 Å². The molecular weight excluding hydrogens is 399 g/mol. The van der Waals surface area contributed by atoms with Gasteiger partial charge in [-0.15, -0.1) is 0 Å². The predicted octanol–water partition coefficient (Wildman–Crippen LogP) is 4.79. The van der Waals surface area contributed by atoms with E-state index in [1.807, 2.05) is 6.92 Å². The SMILES string of the molecule is Cc1ccc(NC(=O)COc2ccc3c(C(F)(F)F)cc(=O)oc3c2)cc1Cl. The van der Waals surface area contributed by atoms with Gasteiger partial charge < -0.3 is 14.5 Å². The summed E-state index contributed by atoms with van der Waals surface area (Å²) in [4.78, 5) is 23.4. The van der Waals surface area contributed by atoms with Crippen LogP contribution in [0.25, 0.3) is 11.0 Å². The number of benzene rings is 2. The molecule has 0 saturated heterocycles. The molecule has 1 amide bonds. The first-order valence-electron chi connectivity index (χ1n) is 7.97. The van der Waals surface area contributed by atoms with Crippen LogP contribution in [0.5, 0.6) is 5.75 Å². The quantitative estimate of drug-likeness (QED) is 0.627. The molecule has 0 aliphatic carbocycles. The number of nitrogens with one attached hydrogen (secondary N) is 1. The van der Waals surface area contributed by atoms with Crippen LogP contribution in [0, 0.1) is 6.92 Å². The van der Waals surface area contributed by atoms with E-state index in [-0.39, 0.29) is 16.7 Å². The zero-order chi connectivity index (χ0) is 20.5. The summed E-state index contributed by atoms with van der Waals surface area (Å²) in [5.74, 6) is -0.419. The number of aryl methyl sites for hydroxylation is 1. The van der Waals surface area contributed by atoms with Crippen molar-refractivity contribution in [3.05, 3.63) is 69.0 Å². The van der Waals surface area contributed by atoms with Crippen LogP contribution in [0.3, 0.4) is 0 Å². The topological polar surface area (TPSA) is 68.5 Å². The van der Waals surface area contributed by atoms with Crippen molar-refractivity contribution in [2.45, 2.75) is 13.1 Å². The van der Waals surface area contributed by atoms with Crippen LogP contribution in [-0.4, -0.2) is 12.5 Å². The van der Waals surface area contributed by atoms with Crippen LogP contribution < -0.4 is 15.7 Å². The number of carbonyl (C=O) groups excluding carboxylic acids is 1. The minimum Gasteiger partial charge on any atom is -0.484 e. The highest BCUT2D eigenvalue weighted by molar-refractivity contribution is 6.31. The first-order chi connectivity index (χ1) is 13.1. The van der Waals surface area contributed by atoms with Gasteiger partial charge in [-0.2, -0.15) is 13.2 Å². The second-order valence-electron chi connectivity index (χ2n) is 5.94. The Bertz CT molecular complexity index is 1110. The molecule has 9 heteroatoms. The molecular formula is C19H13ClF3NO4. The fraction of sp³-hybridized carbons (Fsp3) is 0.158. The summed E-state index contributed by atoms with van der Waals surface area (Å²) in [5.41, 5.74) is -1.19. The minimum absolute atomic E-state index is 0.0760. The molecule has 0 fully saturated rings. The molecule has 1 aromatic heterocycles. The van der Waals surface area contributed by atoms with Gasteiger partial charge in [-0.05, 0) is 36.8 Å². The number of fused-ring (bicyclic) bond motifs is 1. The van der Waals surface area contributed by atoms with Crippen molar-refractivity contribution in [3.8, 4) is 5.75 Å². The largest absolute Gasteiger partial charge is 0.484 e. The molecule has 0 bridgehead atoms. The summed E-state index contributed by atoms with van der Waals surface area (Å²) >= 11 is 5.98. The fourth-order valence-electron chi connectivity index (χ4n) is 2.48. The van der Waals surface area contributed by atoms with E-state index in [1.54, 1.807) is 18.2 Å². The number of amides is 1. The molecule has 0 aliphatic rings. The minimum atomic E-state index is -4.70. The van der Waals surface area contributed by atoms with Gasteiger partial charge in [0.15, 0.2) is 6.61 Å². The maximum atomic E-state index is 13.0. The molecule has 0 radical (unpaired) electrons. The van der Waals surface area contributed by atoms with E-state index in [9.17, 15) is 22.8 Å². The number of carbonyl (C=O) groups is 1. The first-order valence-corrected chi connectivity index (χ1v) is 8.35. The zero-order valence-corrected chi connectivity index (χ0v) is 15.1. The second kappa shape index (κ2) is 7.55. The Hall–Kier alpha value is -3.00. The predicted molar refractivity (Wildman–Crippen MR) is 97.8 cm³/mol. The van der Waals surface area contributed by atoms with Crippen LogP contribution >= 0.6 is 11.6 Å². The van der Waals surface area contributed by atoms with Crippen LogP contribution in [0.2, 0.25) is 5.02 Å². The van der Waals surface area contributed by atoms with Gasteiger partial charge >= 0.3 is 11.8 Å². The number of alkyl halides is 3. The first kappa shape index (κ1) is 19.8. The summed E-state index contributed by atoms with van der Waals surface area (Å²) in [6, 6.07) is 8.88. The molecule has 0 spiro atoms. The van der Waals surface area contributed by atoms with Gasteiger partial charge in [-0.1, -0.05) is 17.7 Å². The van der Waals surface area contributed by atoms with Gasteiger partial charge in [0.05, 0.1) is 5.56 Å². The Morgan fingerprint density at radius 1 is 1.18 bits per heavy atom. The van der Waals surface area contributed by atoms with E-state index >= 15 is 0 Å². The molecule has 3 aromatic rings. The van der Waals surface area contributed by atoms with Gasteiger partial charge in [-0.3, -0.25) is 4.79 Å². The van der Waals surface area contributed by atoms with Crippen molar-refractivity contribution in [2.24, 2.45) is 0 Å². The molecule has 1 heterocycles. The fourth-order valence-corrected chi connectivity index (χ4v) is 2.66. The van der Waals surface area contributed by atoms with Crippen molar-refractivity contribution in [2.75, 3.05) is 11.9 Å². The molecule has 2 aromatic carbocycles. The third-order valence-corrected chi connectivity index (χ3v) is 4.25. The van der Waals surface area contributed by atoms with E-state index in [0.717, 1.165) is 17.7 Å². The van der Waals surface area contributed by atoms with Gasteiger partial charge in [0.2, 0.25) is 0 Å². The van der Waals surface area contributed by atoms with Crippen molar-refractivity contribution in [1.82, 2.24) is 0 Å². The molecule has 3 rings (SSSR count). The summed E-state index contributed by atoms with van der Waals surface area (Å²) < 4.78 is 49.2. The van der Waals surface area contributed by atoms with Crippen LogP contribution in [0.15, 0.2) is 51.7 Å². The summed E-state index contributed by atoms with van der Waals surface area (Å²) in [6.45, 7) is 1.42. The van der Waals surface area contributed by atoms with Gasteiger partial charge in [0, 0.05) is 28.2 Å². The molecule has 0 aliphatic heterocycles. The Morgan fingerprint density at radius 3 is 2.61 bits per heavy atom. The number of anilines is 1. The third kappa shape index (κ3) is 4.45. The van der Waals surface area contributed by atoms with E-state index in [0.29, 0.717) is 16.8 Å². The number of halogens is 4. The molecule has 146 valence electrons. The lowest BCUT2D eigenvalue weighted by Crippen LogP contribution is -2.20. The number of ether oxygens (including phenoxy) is 1. The van der Waals surface area contributed by atoms with Crippen molar-refractivity contribution >= 4 is 34.2 Å². The van der Waals surface area contributed by atoms with E-state index in [4.69, 9.17) is 20.8 Å². The summed E-state index contributed by atoms with van der Waals surface area (Å²) in [7, 11) is 0. The average molecular weight is 412 g/mol. The van der Waals surface area contributed by atoms with Crippen molar-refractivity contribution in [3.63, 3.8) is 0 Å². The molecule has 0 saturated carbocycles. The van der Waals surface area contributed by atoms with Crippen LogP contribution in [0.4, 0.5) is 18.9 Å². The lowest BCUT2D eigenvalue weighted by molar-refractivity contribution is -0.136. The van der Waals surface area contributed by atoms with Crippen LogP contribution in [-0.2, 0) is 11.0 Å². The van der Waals surface area contributed by atoms with Crippen molar-refractivity contribution < 1.29 is 27.1 Å². The number of hydrogen-bond acceptors (Lipinski definition) is 4.